The van der Waals surface area contributed by atoms with Gasteiger partial charge in [0, 0.05) is 6.42 Å². The summed E-state index contributed by atoms with van der Waals surface area (Å²) in [4.78, 5) is 11.0. The molecule has 0 amide bonds. The van der Waals surface area contributed by atoms with Crippen LogP contribution in [-0.2, 0) is 21.3 Å². The third-order valence-electron chi connectivity index (χ3n) is 2.93. The van der Waals surface area contributed by atoms with E-state index in [4.69, 9.17) is 4.18 Å². The van der Waals surface area contributed by atoms with Crippen molar-refractivity contribution in [2.75, 3.05) is 0 Å². The molecule has 0 aliphatic rings. The molecule has 0 bridgehead atoms. The summed E-state index contributed by atoms with van der Waals surface area (Å²) in [6.07, 6.45) is 1.11. The third kappa shape index (κ3) is 4.43. The first-order valence-corrected chi connectivity index (χ1v) is 7.96. The lowest BCUT2D eigenvalue weighted by Crippen LogP contribution is -2.09. The van der Waals surface area contributed by atoms with Gasteiger partial charge in [0.05, 0.1) is 0 Å². The second kappa shape index (κ2) is 6.54. The zero-order valence-electron chi connectivity index (χ0n) is 11.7. The summed E-state index contributed by atoms with van der Waals surface area (Å²) in [7, 11) is -3.81. The Bertz CT molecular complexity index is 704. The van der Waals surface area contributed by atoms with E-state index >= 15 is 0 Å². The van der Waals surface area contributed by atoms with Gasteiger partial charge in [0.2, 0.25) is 0 Å². The minimum Gasteiger partial charge on any atom is -0.379 e. The molecular formula is C16H16O4S. The third-order valence-corrected chi connectivity index (χ3v) is 4.19. The van der Waals surface area contributed by atoms with Crippen molar-refractivity contribution >= 4 is 15.9 Å². The first-order chi connectivity index (χ1) is 9.97. The molecule has 2 aromatic rings. The fourth-order valence-electron chi connectivity index (χ4n) is 1.79. The molecule has 0 N–H and O–H groups in total. The summed E-state index contributed by atoms with van der Waals surface area (Å²) < 4.78 is 29.1. The predicted molar refractivity (Wildman–Crippen MR) is 79.7 cm³/mol. The van der Waals surface area contributed by atoms with Crippen molar-refractivity contribution in [1.29, 1.82) is 0 Å². The lowest BCUT2D eigenvalue weighted by atomic mass is 10.1. The molecule has 110 valence electrons. The van der Waals surface area contributed by atoms with Crippen molar-refractivity contribution in [3.8, 4) is 5.75 Å². The number of Topliss-reactive ketones (excluding diaryl/α,β-unsaturated/α-hetero) is 1. The summed E-state index contributed by atoms with van der Waals surface area (Å²) in [5.74, 6) is 0.382. The van der Waals surface area contributed by atoms with Crippen LogP contribution in [0.5, 0.6) is 5.75 Å². The van der Waals surface area contributed by atoms with E-state index in [9.17, 15) is 13.2 Å². The van der Waals surface area contributed by atoms with Crippen molar-refractivity contribution < 1.29 is 17.4 Å². The Morgan fingerprint density at radius 3 is 2.19 bits per heavy atom. The first-order valence-electron chi connectivity index (χ1n) is 6.55. The van der Waals surface area contributed by atoms with E-state index in [1.165, 1.54) is 12.1 Å². The topological polar surface area (TPSA) is 60.4 Å². The van der Waals surface area contributed by atoms with E-state index < -0.39 is 10.1 Å². The number of benzene rings is 2. The maximum Gasteiger partial charge on any atom is 0.339 e. The van der Waals surface area contributed by atoms with Crippen molar-refractivity contribution in [2.45, 2.75) is 24.7 Å². The molecule has 0 spiro atoms. The number of carbonyl (C=O) groups is 1. The fourth-order valence-corrected chi connectivity index (χ4v) is 2.75. The normalized spacial score (nSPS) is 11.1. The molecule has 5 heteroatoms. The van der Waals surface area contributed by atoms with Crippen molar-refractivity contribution in [3.05, 3.63) is 60.2 Å². The molecule has 0 radical (unpaired) electrons. The highest BCUT2D eigenvalue weighted by Crippen LogP contribution is 2.19. The van der Waals surface area contributed by atoms with Crippen LogP contribution >= 0.6 is 0 Å². The SMILES string of the molecule is CC(=O)CCc1ccc(OS(=O)(=O)c2ccccc2)cc1. The van der Waals surface area contributed by atoms with Crippen LogP contribution in [0.25, 0.3) is 0 Å². The van der Waals surface area contributed by atoms with Gasteiger partial charge >= 0.3 is 10.1 Å². The molecule has 21 heavy (non-hydrogen) atoms. The van der Waals surface area contributed by atoms with Crippen molar-refractivity contribution in [2.24, 2.45) is 0 Å². The molecule has 0 saturated heterocycles. The van der Waals surface area contributed by atoms with E-state index in [2.05, 4.69) is 0 Å². The second-order valence-electron chi connectivity index (χ2n) is 4.70. The highest BCUT2D eigenvalue weighted by Gasteiger charge is 2.15. The summed E-state index contributed by atoms with van der Waals surface area (Å²) in [5, 5.41) is 0. The Labute approximate surface area is 124 Å². The molecule has 0 aliphatic carbocycles. The molecule has 2 aromatic carbocycles. The molecule has 0 aliphatic heterocycles. The van der Waals surface area contributed by atoms with Gasteiger partial charge in [0.15, 0.2) is 0 Å². The van der Waals surface area contributed by atoms with Crippen LogP contribution in [0.15, 0.2) is 59.5 Å². The van der Waals surface area contributed by atoms with Gasteiger partial charge in [-0.05, 0) is 43.2 Å². The van der Waals surface area contributed by atoms with Crippen LogP contribution in [0.3, 0.4) is 0 Å². The van der Waals surface area contributed by atoms with Crippen LogP contribution in [0.2, 0.25) is 0 Å². The van der Waals surface area contributed by atoms with Crippen LogP contribution in [0.4, 0.5) is 0 Å². The standard InChI is InChI=1S/C16H16O4S/c1-13(17)7-8-14-9-11-15(12-10-14)20-21(18,19)16-5-3-2-4-6-16/h2-6,9-12H,7-8H2,1H3. The summed E-state index contributed by atoms with van der Waals surface area (Å²) in [6.45, 7) is 1.55. The molecule has 2 rings (SSSR count). The van der Waals surface area contributed by atoms with E-state index in [0.29, 0.717) is 12.8 Å². The summed E-state index contributed by atoms with van der Waals surface area (Å²) in [6, 6.07) is 14.7. The smallest absolute Gasteiger partial charge is 0.339 e. The van der Waals surface area contributed by atoms with Gasteiger partial charge in [-0.3, -0.25) is 0 Å². The van der Waals surface area contributed by atoms with Gasteiger partial charge in [-0.1, -0.05) is 30.3 Å². The minimum atomic E-state index is -3.81. The largest absolute Gasteiger partial charge is 0.379 e. The van der Waals surface area contributed by atoms with Gasteiger partial charge in [-0.25, -0.2) is 0 Å². The Morgan fingerprint density at radius 2 is 1.62 bits per heavy atom. The Hall–Kier alpha value is -2.14. The molecule has 4 nitrogen and oxygen atoms in total. The van der Waals surface area contributed by atoms with E-state index in [-0.39, 0.29) is 16.4 Å². The predicted octanol–water partition coefficient (Wildman–Crippen LogP) is 2.98. The second-order valence-corrected chi connectivity index (χ2v) is 6.24. The van der Waals surface area contributed by atoms with E-state index in [1.807, 2.05) is 0 Å². The maximum atomic E-state index is 12.0. The average Bonchev–Trinajstić information content (AvgIpc) is 2.47. The molecule has 0 unspecified atom stereocenters. The summed E-state index contributed by atoms with van der Waals surface area (Å²) in [5.41, 5.74) is 0.967. The van der Waals surface area contributed by atoms with Crippen LogP contribution < -0.4 is 4.18 Å². The molecule has 0 aromatic heterocycles. The first kappa shape index (κ1) is 15.3. The van der Waals surface area contributed by atoms with Gasteiger partial charge < -0.3 is 8.98 Å². The Balaban J connectivity index is 2.08. The molecule has 0 atom stereocenters. The highest BCUT2D eigenvalue weighted by atomic mass is 32.2. The van der Waals surface area contributed by atoms with E-state index in [0.717, 1.165) is 5.56 Å². The number of rotatable bonds is 6. The van der Waals surface area contributed by atoms with Crippen molar-refractivity contribution in [1.82, 2.24) is 0 Å². The van der Waals surface area contributed by atoms with E-state index in [1.54, 1.807) is 49.4 Å². The van der Waals surface area contributed by atoms with Crippen molar-refractivity contribution in [3.63, 3.8) is 0 Å². The number of aryl methyl sites for hydroxylation is 1. The van der Waals surface area contributed by atoms with Gasteiger partial charge in [-0.2, -0.15) is 8.42 Å². The lowest BCUT2D eigenvalue weighted by Gasteiger charge is -2.07. The average molecular weight is 304 g/mol. The quantitative estimate of drug-likeness (QED) is 0.770. The number of carbonyl (C=O) groups excluding carboxylic acids is 1. The van der Waals surface area contributed by atoms with Crippen LogP contribution in [-0.4, -0.2) is 14.2 Å². The van der Waals surface area contributed by atoms with Crippen LogP contribution in [0.1, 0.15) is 18.9 Å². The molecular weight excluding hydrogens is 288 g/mol. The minimum absolute atomic E-state index is 0.116. The fraction of sp³-hybridized carbons (Fsp3) is 0.188. The lowest BCUT2D eigenvalue weighted by molar-refractivity contribution is -0.116. The zero-order chi connectivity index (χ0) is 15.3. The summed E-state index contributed by atoms with van der Waals surface area (Å²) >= 11 is 0. The number of hydrogen-bond acceptors (Lipinski definition) is 4. The Kier molecular flexibility index (Phi) is 4.75. The molecule has 0 heterocycles. The number of hydrogen-bond donors (Lipinski definition) is 0. The van der Waals surface area contributed by atoms with Crippen LogP contribution in [0, 0.1) is 0 Å². The van der Waals surface area contributed by atoms with Gasteiger partial charge in [-0.15, -0.1) is 0 Å². The Morgan fingerprint density at radius 1 is 1.00 bits per heavy atom. The monoisotopic (exact) mass is 304 g/mol. The highest BCUT2D eigenvalue weighted by molar-refractivity contribution is 7.87. The molecule has 0 saturated carbocycles. The molecule has 0 fully saturated rings. The van der Waals surface area contributed by atoms with Gasteiger partial charge in [0.1, 0.15) is 16.4 Å². The van der Waals surface area contributed by atoms with Gasteiger partial charge in [0.25, 0.3) is 0 Å². The maximum absolute atomic E-state index is 12.0. The zero-order valence-corrected chi connectivity index (χ0v) is 12.5. The number of ketones is 1.